The summed E-state index contributed by atoms with van der Waals surface area (Å²) in [5, 5.41) is 8.83. The molecule has 0 saturated carbocycles. The molecule has 0 unspecified atom stereocenters. The minimum Gasteiger partial charge on any atom is -0.476 e. The molecule has 0 atom stereocenters. The van der Waals surface area contributed by atoms with Gasteiger partial charge >= 0.3 is 5.97 Å². The van der Waals surface area contributed by atoms with Crippen LogP contribution in [0.25, 0.3) is 11.2 Å². The third kappa shape index (κ3) is 1.44. The second-order valence-corrected chi connectivity index (χ2v) is 3.64. The Hall–Kier alpha value is -2.71. The van der Waals surface area contributed by atoms with E-state index in [-0.39, 0.29) is 17.1 Å². The molecule has 0 bridgehead atoms. The fourth-order valence-corrected chi connectivity index (χ4v) is 1.48. The number of aromatic carboxylic acids is 1. The largest absolute Gasteiger partial charge is 0.476 e. The van der Waals surface area contributed by atoms with Gasteiger partial charge in [-0.3, -0.25) is 18.7 Å². The highest BCUT2D eigenvalue weighted by Gasteiger charge is 2.18. The lowest BCUT2D eigenvalue weighted by Gasteiger charge is -2.07. The van der Waals surface area contributed by atoms with Gasteiger partial charge in [0.05, 0.1) is 0 Å². The first-order valence-corrected chi connectivity index (χ1v) is 4.81. The minimum atomic E-state index is -1.50. The molecule has 0 saturated heterocycles. The van der Waals surface area contributed by atoms with Gasteiger partial charge in [0, 0.05) is 14.1 Å². The van der Waals surface area contributed by atoms with E-state index in [2.05, 4.69) is 9.97 Å². The van der Waals surface area contributed by atoms with Crippen LogP contribution >= 0.6 is 0 Å². The lowest BCUT2D eigenvalue weighted by atomic mass is 10.4. The van der Waals surface area contributed by atoms with Gasteiger partial charge in [-0.1, -0.05) is 0 Å². The molecule has 2 rings (SSSR count). The van der Waals surface area contributed by atoms with Gasteiger partial charge < -0.3 is 10.8 Å². The van der Waals surface area contributed by atoms with Crippen molar-refractivity contribution in [2.45, 2.75) is 0 Å². The van der Waals surface area contributed by atoms with Crippen LogP contribution < -0.4 is 16.9 Å². The number of aryl methyl sites for hydroxylation is 1. The minimum absolute atomic E-state index is 0.0504. The Kier molecular flexibility index (Phi) is 2.39. The van der Waals surface area contributed by atoms with Crippen LogP contribution in [0.15, 0.2) is 9.59 Å². The maximum absolute atomic E-state index is 11.9. The number of rotatable bonds is 1. The zero-order chi connectivity index (χ0) is 13.6. The van der Waals surface area contributed by atoms with Gasteiger partial charge in [0.25, 0.3) is 11.1 Å². The van der Waals surface area contributed by atoms with Gasteiger partial charge in [-0.2, -0.15) is 4.98 Å². The van der Waals surface area contributed by atoms with Crippen LogP contribution in [0.1, 0.15) is 10.5 Å². The van der Waals surface area contributed by atoms with E-state index in [0.29, 0.717) is 0 Å². The summed E-state index contributed by atoms with van der Waals surface area (Å²) < 4.78 is 1.95. The van der Waals surface area contributed by atoms with E-state index < -0.39 is 22.8 Å². The Bertz CT molecular complexity index is 788. The van der Waals surface area contributed by atoms with Gasteiger partial charge in [0.2, 0.25) is 11.6 Å². The molecule has 2 heterocycles. The molecular weight excluding hydrogens is 242 g/mol. The SMILES string of the molecule is Cn1c(N)nc2c(nc(C(=O)O)c(=O)n2C)c1=O. The first-order chi connectivity index (χ1) is 8.34. The van der Waals surface area contributed by atoms with E-state index in [1.54, 1.807) is 0 Å². The highest BCUT2D eigenvalue weighted by atomic mass is 16.4. The number of anilines is 1. The quantitative estimate of drug-likeness (QED) is 0.617. The number of carboxylic acids is 1. The van der Waals surface area contributed by atoms with Gasteiger partial charge in [0.15, 0.2) is 11.2 Å². The third-order valence-electron chi connectivity index (χ3n) is 2.53. The van der Waals surface area contributed by atoms with Crippen molar-refractivity contribution in [2.75, 3.05) is 5.73 Å². The zero-order valence-electron chi connectivity index (χ0n) is 9.54. The van der Waals surface area contributed by atoms with Crippen LogP contribution in [0.5, 0.6) is 0 Å². The number of hydrogen-bond donors (Lipinski definition) is 2. The molecule has 18 heavy (non-hydrogen) atoms. The van der Waals surface area contributed by atoms with Gasteiger partial charge in [-0.05, 0) is 0 Å². The summed E-state index contributed by atoms with van der Waals surface area (Å²) in [4.78, 5) is 41.8. The Labute approximate surface area is 99.1 Å². The summed E-state index contributed by atoms with van der Waals surface area (Å²) in [6, 6.07) is 0. The predicted molar refractivity (Wildman–Crippen MR) is 61.4 cm³/mol. The molecular formula is C9H9N5O4. The Balaban J connectivity index is 3.11. The monoisotopic (exact) mass is 251 g/mol. The van der Waals surface area contributed by atoms with Crippen LogP contribution in [0.2, 0.25) is 0 Å². The molecule has 0 aliphatic heterocycles. The number of carboxylic acid groups (broad SMARTS) is 1. The van der Waals surface area contributed by atoms with Crippen LogP contribution in [0, 0.1) is 0 Å². The number of aromatic nitrogens is 4. The van der Waals surface area contributed by atoms with Crippen molar-refractivity contribution < 1.29 is 9.90 Å². The number of fused-ring (bicyclic) bond motifs is 1. The smallest absolute Gasteiger partial charge is 0.360 e. The summed E-state index contributed by atoms with van der Waals surface area (Å²) in [7, 11) is 2.67. The Morgan fingerprint density at radius 1 is 1.17 bits per heavy atom. The fourth-order valence-electron chi connectivity index (χ4n) is 1.48. The summed E-state index contributed by atoms with van der Waals surface area (Å²) in [5.41, 5.74) is 3.03. The average molecular weight is 251 g/mol. The first-order valence-electron chi connectivity index (χ1n) is 4.81. The molecule has 0 spiro atoms. The normalized spacial score (nSPS) is 10.8. The van der Waals surface area contributed by atoms with E-state index in [4.69, 9.17) is 10.8 Å². The van der Waals surface area contributed by atoms with Crippen LogP contribution in [-0.4, -0.2) is 30.2 Å². The van der Waals surface area contributed by atoms with Gasteiger partial charge in [-0.25, -0.2) is 9.78 Å². The lowest BCUT2D eigenvalue weighted by Crippen LogP contribution is -2.31. The molecule has 0 aromatic carbocycles. The van der Waals surface area contributed by atoms with Crippen molar-refractivity contribution >= 4 is 23.1 Å². The molecule has 0 radical (unpaired) electrons. The van der Waals surface area contributed by atoms with Crippen LogP contribution in [0.3, 0.4) is 0 Å². The van der Waals surface area contributed by atoms with E-state index >= 15 is 0 Å². The van der Waals surface area contributed by atoms with Crippen LogP contribution in [-0.2, 0) is 14.1 Å². The van der Waals surface area contributed by atoms with E-state index in [1.165, 1.54) is 14.1 Å². The summed E-state index contributed by atoms with van der Waals surface area (Å²) >= 11 is 0. The summed E-state index contributed by atoms with van der Waals surface area (Å²) in [6.07, 6.45) is 0. The van der Waals surface area contributed by atoms with Crippen molar-refractivity contribution in [3.8, 4) is 0 Å². The molecule has 0 aliphatic carbocycles. The predicted octanol–water partition coefficient (Wildman–Crippen LogP) is -1.69. The zero-order valence-corrected chi connectivity index (χ0v) is 9.54. The first kappa shape index (κ1) is 11.8. The number of carbonyl (C=O) groups is 1. The topological polar surface area (TPSA) is 133 Å². The Morgan fingerprint density at radius 3 is 2.33 bits per heavy atom. The summed E-state index contributed by atoms with van der Waals surface area (Å²) in [6.45, 7) is 0. The molecule has 0 amide bonds. The van der Waals surface area contributed by atoms with E-state index in [0.717, 1.165) is 9.13 Å². The lowest BCUT2D eigenvalue weighted by molar-refractivity contribution is 0.0688. The molecule has 94 valence electrons. The number of hydrogen-bond acceptors (Lipinski definition) is 6. The van der Waals surface area contributed by atoms with E-state index in [1.807, 2.05) is 0 Å². The maximum atomic E-state index is 11.9. The molecule has 2 aromatic heterocycles. The standard InChI is InChI=1S/C9H9N5O4/c1-13-5-3(6(15)14(2)9(10)12-5)11-4(7(13)16)8(17)18/h1-2H3,(H2,10,12)(H,17,18). The van der Waals surface area contributed by atoms with Crippen molar-refractivity contribution in [3.63, 3.8) is 0 Å². The summed E-state index contributed by atoms with van der Waals surface area (Å²) in [5.74, 6) is -1.59. The number of nitrogens with two attached hydrogens (primary N) is 1. The van der Waals surface area contributed by atoms with Crippen molar-refractivity contribution in [3.05, 3.63) is 26.4 Å². The number of nitrogens with zero attached hydrogens (tertiary/aromatic N) is 4. The second kappa shape index (κ2) is 3.65. The average Bonchev–Trinajstić information content (AvgIpc) is 2.31. The maximum Gasteiger partial charge on any atom is 0.360 e. The molecule has 9 nitrogen and oxygen atoms in total. The highest BCUT2D eigenvalue weighted by Crippen LogP contribution is 2.04. The van der Waals surface area contributed by atoms with Crippen LogP contribution in [0.4, 0.5) is 5.95 Å². The van der Waals surface area contributed by atoms with E-state index in [9.17, 15) is 14.4 Å². The molecule has 9 heteroatoms. The Morgan fingerprint density at radius 2 is 1.78 bits per heavy atom. The van der Waals surface area contributed by atoms with Crippen molar-refractivity contribution in [1.82, 2.24) is 19.1 Å². The molecule has 3 N–H and O–H groups in total. The molecule has 0 aliphatic rings. The number of nitrogen functional groups attached to an aromatic ring is 1. The highest BCUT2D eigenvalue weighted by molar-refractivity contribution is 5.87. The molecule has 2 aromatic rings. The van der Waals surface area contributed by atoms with Gasteiger partial charge in [-0.15, -0.1) is 0 Å². The molecule has 0 fully saturated rings. The second-order valence-electron chi connectivity index (χ2n) is 3.64. The van der Waals surface area contributed by atoms with Gasteiger partial charge in [0.1, 0.15) is 0 Å². The third-order valence-corrected chi connectivity index (χ3v) is 2.53. The fraction of sp³-hybridized carbons (Fsp3) is 0.222. The van der Waals surface area contributed by atoms with Crippen molar-refractivity contribution in [1.29, 1.82) is 0 Å². The van der Waals surface area contributed by atoms with Crippen molar-refractivity contribution in [2.24, 2.45) is 14.1 Å².